The molecule has 1 heterocycles. The zero-order valence-corrected chi connectivity index (χ0v) is 7.83. The van der Waals surface area contributed by atoms with Gasteiger partial charge in [0.15, 0.2) is 5.96 Å². The third-order valence-electron chi connectivity index (χ3n) is 2.05. The van der Waals surface area contributed by atoms with Gasteiger partial charge in [-0.15, -0.1) is 0 Å². The van der Waals surface area contributed by atoms with Gasteiger partial charge < -0.3 is 9.80 Å². The van der Waals surface area contributed by atoms with Gasteiger partial charge in [0.25, 0.3) is 0 Å². The molecular weight excluding hydrogens is 138 g/mol. The maximum Gasteiger partial charge on any atom is 0.195 e. The zero-order chi connectivity index (χ0) is 8.43. The van der Waals surface area contributed by atoms with Crippen molar-refractivity contribution < 1.29 is 0 Å². The van der Waals surface area contributed by atoms with Gasteiger partial charge in [-0.25, -0.2) is 0 Å². The fraction of sp³-hybridized carbons (Fsp3) is 0.875. The van der Waals surface area contributed by atoms with Crippen LogP contribution < -0.4 is 0 Å². The van der Waals surface area contributed by atoms with E-state index < -0.39 is 0 Å². The van der Waals surface area contributed by atoms with E-state index in [1.807, 2.05) is 7.05 Å². The van der Waals surface area contributed by atoms with Crippen LogP contribution in [0.1, 0.15) is 6.92 Å². The predicted molar refractivity (Wildman–Crippen MR) is 47.8 cm³/mol. The quantitative estimate of drug-likeness (QED) is 0.507. The Labute approximate surface area is 68.7 Å². The van der Waals surface area contributed by atoms with E-state index >= 15 is 0 Å². The van der Waals surface area contributed by atoms with Gasteiger partial charge in [-0.3, -0.25) is 4.99 Å². The summed E-state index contributed by atoms with van der Waals surface area (Å²) in [7, 11) is 6.03. The first kappa shape index (κ1) is 8.37. The van der Waals surface area contributed by atoms with E-state index in [0.717, 1.165) is 25.0 Å². The molecule has 64 valence electrons. The van der Waals surface area contributed by atoms with Gasteiger partial charge in [0, 0.05) is 34.2 Å². The smallest absolute Gasteiger partial charge is 0.195 e. The summed E-state index contributed by atoms with van der Waals surface area (Å²) < 4.78 is 0. The van der Waals surface area contributed by atoms with Crippen molar-refractivity contribution in [2.45, 2.75) is 6.92 Å². The molecule has 0 amide bonds. The van der Waals surface area contributed by atoms with Crippen LogP contribution >= 0.6 is 0 Å². The number of hydrogen-bond donors (Lipinski definition) is 0. The molecule has 1 fully saturated rings. The molecule has 0 atom stereocenters. The Balaban J connectivity index is 2.67. The molecule has 11 heavy (non-hydrogen) atoms. The van der Waals surface area contributed by atoms with Gasteiger partial charge in [-0.05, 0) is 5.92 Å². The number of guanidine groups is 1. The molecule has 3 heteroatoms. The number of rotatable bonds is 0. The normalized spacial score (nSPS) is 25.8. The van der Waals surface area contributed by atoms with E-state index in [1.165, 1.54) is 0 Å². The van der Waals surface area contributed by atoms with Crippen molar-refractivity contribution in [3.05, 3.63) is 0 Å². The second-order valence-corrected chi connectivity index (χ2v) is 3.39. The fourth-order valence-electron chi connectivity index (χ4n) is 1.79. The summed E-state index contributed by atoms with van der Waals surface area (Å²) in [6, 6.07) is 0. The van der Waals surface area contributed by atoms with Crippen molar-refractivity contribution in [1.82, 2.24) is 9.80 Å². The van der Waals surface area contributed by atoms with Crippen LogP contribution in [0.15, 0.2) is 4.99 Å². The fourth-order valence-corrected chi connectivity index (χ4v) is 1.79. The maximum atomic E-state index is 4.21. The van der Waals surface area contributed by atoms with Crippen LogP contribution in [-0.4, -0.2) is 50.0 Å². The summed E-state index contributed by atoms with van der Waals surface area (Å²) in [5.74, 6) is 1.85. The summed E-state index contributed by atoms with van der Waals surface area (Å²) in [6.45, 7) is 4.51. The van der Waals surface area contributed by atoms with Crippen LogP contribution in [-0.2, 0) is 0 Å². The highest BCUT2D eigenvalue weighted by atomic mass is 15.4. The lowest BCUT2D eigenvalue weighted by Gasteiger charge is -2.37. The molecule has 0 radical (unpaired) electrons. The molecule has 0 N–H and O–H groups in total. The van der Waals surface area contributed by atoms with Gasteiger partial charge in [-0.2, -0.15) is 0 Å². The van der Waals surface area contributed by atoms with Crippen LogP contribution in [0.4, 0.5) is 0 Å². The molecule has 0 unspecified atom stereocenters. The SMILES string of the molecule is CN=C1N(C)CC(C)CN1C. The van der Waals surface area contributed by atoms with Crippen molar-refractivity contribution in [1.29, 1.82) is 0 Å². The minimum absolute atomic E-state index is 0.746. The van der Waals surface area contributed by atoms with E-state index in [-0.39, 0.29) is 0 Å². The molecule has 1 rings (SSSR count). The highest BCUT2D eigenvalue weighted by Crippen LogP contribution is 2.09. The van der Waals surface area contributed by atoms with E-state index in [0.29, 0.717) is 0 Å². The first-order valence-corrected chi connectivity index (χ1v) is 4.04. The molecule has 3 nitrogen and oxygen atoms in total. The van der Waals surface area contributed by atoms with Crippen LogP contribution in [0.5, 0.6) is 0 Å². The van der Waals surface area contributed by atoms with Crippen LogP contribution in [0, 0.1) is 5.92 Å². The maximum absolute atomic E-state index is 4.21. The van der Waals surface area contributed by atoms with Crippen LogP contribution in [0.2, 0.25) is 0 Å². The lowest BCUT2D eigenvalue weighted by atomic mass is 10.1. The summed E-state index contributed by atoms with van der Waals surface area (Å²) in [5.41, 5.74) is 0. The summed E-state index contributed by atoms with van der Waals surface area (Å²) in [4.78, 5) is 8.62. The third-order valence-corrected chi connectivity index (χ3v) is 2.05. The first-order valence-electron chi connectivity index (χ1n) is 4.04. The van der Waals surface area contributed by atoms with Crippen molar-refractivity contribution in [3.8, 4) is 0 Å². The van der Waals surface area contributed by atoms with Gasteiger partial charge in [-0.1, -0.05) is 6.92 Å². The van der Waals surface area contributed by atoms with Crippen molar-refractivity contribution in [2.75, 3.05) is 34.2 Å². The lowest BCUT2D eigenvalue weighted by Crippen LogP contribution is -2.50. The summed E-state index contributed by atoms with van der Waals surface area (Å²) >= 11 is 0. The average Bonchev–Trinajstić information content (AvgIpc) is 1.85. The van der Waals surface area contributed by atoms with Crippen molar-refractivity contribution >= 4 is 5.96 Å². The van der Waals surface area contributed by atoms with Crippen LogP contribution in [0.3, 0.4) is 0 Å². The number of hydrogen-bond acceptors (Lipinski definition) is 1. The Morgan fingerprint density at radius 3 is 2.09 bits per heavy atom. The first-order chi connectivity index (χ1) is 5.15. The molecule has 0 aromatic carbocycles. The standard InChI is InChI=1S/C8H17N3/c1-7-5-10(3)8(9-2)11(4)6-7/h7H,5-6H2,1-4H3. The van der Waals surface area contributed by atoms with E-state index in [2.05, 4.69) is 35.8 Å². The molecule has 0 aromatic heterocycles. The van der Waals surface area contributed by atoms with Gasteiger partial charge in [0.2, 0.25) is 0 Å². The van der Waals surface area contributed by atoms with E-state index in [9.17, 15) is 0 Å². The van der Waals surface area contributed by atoms with E-state index in [4.69, 9.17) is 0 Å². The lowest BCUT2D eigenvalue weighted by molar-refractivity contribution is 0.253. The van der Waals surface area contributed by atoms with Gasteiger partial charge in [0.05, 0.1) is 0 Å². The third kappa shape index (κ3) is 1.64. The molecule has 0 saturated carbocycles. The molecule has 0 bridgehead atoms. The molecule has 1 aliphatic heterocycles. The largest absolute Gasteiger partial charge is 0.346 e. The molecular formula is C8H17N3. The monoisotopic (exact) mass is 155 g/mol. The predicted octanol–water partition coefficient (Wildman–Crippen LogP) is 0.486. The summed E-state index contributed by atoms with van der Waals surface area (Å²) in [6.07, 6.45) is 0. The van der Waals surface area contributed by atoms with Crippen molar-refractivity contribution in [2.24, 2.45) is 10.9 Å². The molecule has 0 spiro atoms. The topological polar surface area (TPSA) is 18.8 Å². The number of nitrogens with zero attached hydrogens (tertiary/aromatic N) is 3. The van der Waals surface area contributed by atoms with Gasteiger partial charge in [0.1, 0.15) is 0 Å². The second-order valence-electron chi connectivity index (χ2n) is 3.39. The van der Waals surface area contributed by atoms with Crippen molar-refractivity contribution in [3.63, 3.8) is 0 Å². The molecule has 1 saturated heterocycles. The number of aliphatic imine (C=N–C) groups is 1. The summed E-state index contributed by atoms with van der Waals surface area (Å²) in [5, 5.41) is 0. The molecule has 0 aromatic rings. The zero-order valence-electron chi connectivity index (χ0n) is 7.83. The molecule has 0 aliphatic carbocycles. The average molecular weight is 155 g/mol. The minimum atomic E-state index is 0.746. The van der Waals surface area contributed by atoms with E-state index in [1.54, 1.807) is 0 Å². The molecule has 1 aliphatic rings. The minimum Gasteiger partial charge on any atom is -0.346 e. The Kier molecular flexibility index (Phi) is 2.37. The highest BCUT2D eigenvalue weighted by Gasteiger charge is 2.21. The second kappa shape index (κ2) is 3.11. The Morgan fingerprint density at radius 2 is 1.73 bits per heavy atom. The van der Waals surface area contributed by atoms with Crippen LogP contribution in [0.25, 0.3) is 0 Å². The Hall–Kier alpha value is -0.730. The van der Waals surface area contributed by atoms with Gasteiger partial charge >= 0.3 is 0 Å². The highest BCUT2D eigenvalue weighted by molar-refractivity contribution is 5.80. The Bertz CT molecular complexity index is 151. The Morgan fingerprint density at radius 1 is 1.27 bits per heavy atom.